The molecule has 3 rings (SSSR count). The van der Waals surface area contributed by atoms with E-state index < -0.39 is 5.97 Å². The van der Waals surface area contributed by atoms with Crippen LogP contribution in [-0.4, -0.2) is 16.1 Å². The van der Waals surface area contributed by atoms with Crippen molar-refractivity contribution >= 4 is 5.97 Å². The fourth-order valence-electron chi connectivity index (χ4n) is 2.57. The Hall–Kier alpha value is -2.36. The minimum atomic E-state index is -1.03. The number of fused-ring (bicyclic) bond motifs is 1. The number of hydrogen-bond acceptors (Lipinski definition) is 3. The fraction of sp³-hybridized carbons (Fsp3) is 0.250. The number of hydrogen-bond donors (Lipinski definition) is 1. The lowest BCUT2D eigenvalue weighted by molar-refractivity contribution is 0.0690. The number of aromatic carboxylic acids is 1. The third-order valence-electron chi connectivity index (χ3n) is 3.55. The van der Waals surface area contributed by atoms with Crippen LogP contribution in [0.4, 0.5) is 0 Å². The van der Waals surface area contributed by atoms with E-state index in [4.69, 9.17) is 9.84 Å². The average molecular weight is 269 g/mol. The summed E-state index contributed by atoms with van der Waals surface area (Å²) in [4.78, 5) is 14.6. The van der Waals surface area contributed by atoms with E-state index in [0.29, 0.717) is 5.75 Å². The zero-order chi connectivity index (χ0) is 13.9. The molecule has 0 amide bonds. The van der Waals surface area contributed by atoms with E-state index in [2.05, 4.69) is 17.1 Å². The largest absolute Gasteiger partial charge is 0.484 e. The molecular weight excluding hydrogens is 254 g/mol. The zero-order valence-corrected chi connectivity index (χ0v) is 11.0. The fourth-order valence-corrected chi connectivity index (χ4v) is 2.57. The SMILES string of the molecule is O=C(O)c1ccc(OC2CCCc3ccccc32)cn1. The van der Waals surface area contributed by atoms with Gasteiger partial charge in [-0.05, 0) is 42.5 Å². The van der Waals surface area contributed by atoms with Crippen LogP contribution in [0, 0.1) is 0 Å². The molecule has 0 aliphatic heterocycles. The quantitative estimate of drug-likeness (QED) is 0.929. The van der Waals surface area contributed by atoms with Crippen molar-refractivity contribution in [1.29, 1.82) is 0 Å². The first-order valence-electron chi connectivity index (χ1n) is 6.68. The van der Waals surface area contributed by atoms with Crippen LogP contribution in [-0.2, 0) is 6.42 Å². The monoisotopic (exact) mass is 269 g/mol. The Labute approximate surface area is 117 Å². The molecule has 1 N–H and O–H groups in total. The predicted octanol–water partition coefficient (Wildman–Crippen LogP) is 3.24. The number of ether oxygens (including phenoxy) is 1. The van der Waals surface area contributed by atoms with Gasteiger partial charge in [0, 0.05) is 0 Å². The topological polar surface area (TPSA) is 59.4 Å². The molecule has 2 aromatic rings. The highest BCUT2D eigenvalue weighted by Crippen LogP contribution is 2.33. The smallest absolute Gasteiger partial charge is 0.354 e. The molecule has 4 nitrogen and oxygen atoms in total. The summed E-state index contributed by atoms with van der Waals surface area (Å²) in [7, 11) is 0. The van der Waals surface area contributed by atoms with Crippen LogP contribution >= 0.6 is 0 Å². The van der Waals surface area contributed by atoms with Crippen molar-refractivity contribution < 1.29 is 14.6 Å². The number of aryl methyl sites for hydroxylation is 1. The molecule has 0 bridgehead atoms. The Bertz CT molecular complexity index is 622. The van der Waals surface area contributed by atoms with E-state index in [1.165, 1.54) is 23.4 Å². The van der Waals surface area contributed by atoms with E-state index in [1.807, 2.05) is 12.1 Å². The molecule has 1 unspecified atom stereocenters. The summed E-state index contributed by atoms with van der Waals surface area (Å²) in [5.41, 5.74) is 2.58. The molecule has 0 saturated carbocycles. The molecule has 0 spiro atoms. The molecule has 1 aromatic carbocycles. The lowest BCUT2D eigenvalue weighted by atomic mass is 9.89. The lowest BCUT2D eigenvalue weighted by Gasteiger charge is -2.26. The van der Waals surface area contributed by atoms with Crippen molar-refractivity contribution in [2.24, 2.45) is 0 Å². The molecule has 1 aliphatic rings. The maximum atomic E-state index is 10.8. The van der Waals surface area contributed by atoms with Gasteiger partial charge in [0.1, 0.15) is 17.5 Å². The standard InChI is InChI=1S/C16H15NO3/c18-16(19)14-9-8-12(10-17-14)20-15-7-3-5-11-4-1-2-6-13(11)15/h1-2,4,6,8-10,15H,3,5,7H2,(H,18,19). The van der Waals surface area contributed by atoms with Crippen molar-refractivity contribution in [3.63, 3.8) is 0 Å². The average Bonchev–Trinajstić information content (AvgIpc) is 2.48. The number of pyridine rings is 1. The van der Waals surface area contributed by atoms with Crippen LogP contribution in [0.25, 0.3) is 0 Å². The van der Waals surface area contributed by atoms with Gasteiger partial charge in [-0.25, -0.2) is 9.78 Å². The second-order valence-electron chi connectivity index (χ2n) is 4.88. The first-order valence-corrected chi connectivity index (χ1v) is 6.68. The van der Waals surface area contributed by atoms with Crippen molar-refractivity contribution in [2.45, 2.75) is 25.4 Å². The number of nitrogens with zero attached hydrogens (tertiary/aromatic N) is 1. The Morgan fingerprint density at radius 2 is 2.10 bits per heavy atom. The van der Waals surface area contributed by atoms with Gasteiger partial charge in [0.15, 0.2) is 0 Å². The number of rotatable bonds is 3. The van der Waals surface area contributed by atoms with Gasteiger partial charge >= 0.3 is 5.97 Å². The first-order chi connectivity index (χ1) is 9.74. The molecule has 1 heterocycles. The summed E-state index contributed by atoms with van der Waals surface area (Å²) in [5.74, 6) is -0.420. The van der Waals surface area contributed by atoms with Crippen LogP contribution in [0.1, 0.15) is 40.6 Å². The molecule has 0 radical (unpaired) electrons. The summed E-state index contributed by atoms with van der Waals surface area (Å²) in [6, 6.07) is 11.4. The normalized spacial score (nSPS) is 17.3. The third kappa shape index (κ3) is 2.50. The molecular formula is C16H15NO3. The van der Waals surface area contributed by atoms with Gasteiger partial charge in [-0.15, -0.1) is 0 Å². The van der Waals surface area contributed by atoms with Gasteiger partial charge in [0.05, 0.1) is 6.20 Å². The second kappa shape index (κ2) is 5.33. The number of carbonyl (C=O) groups is 1. The molecule has 0 saturated heterocycles. The number of carboxylic acid groups (broad SMARTS) is 1. The molecule has 1 aromatic heterocycles. The van der Waals surface area contributed by atoms with Crippen LogP contribution < -0.4 is 4.74 Å². The highest BCUT2D eigenvalue weighted by Gasteiger charge is 2.21. The van der Waals surface area contributed by atoms with Crippen molar-refractivity contribution in [2.75, 3.05) is 0 Å². The van der Waals surface area contributed by atoms with E-state index in [9.17, 15) is 4.79 Å². The van der Waals surface area contributed by atoms with E-state index in [1.54, 1.807) is 6.07 Å². The van der Waals surface area contributed by atoms with Gasteiger partial charge in [-0.3, -0.25) is 0 Å². The minimum absolute atomic E-state index is 0.0254. The third-order valence-corrected chi connectivity index (χ3v) is 3.55. The Kier molecular flexibility index (Phi) is 3.37. The van der Waals surface area contributed by atoms with Crippen molar-refractivity contribution in [1.82, 2.24) is 4.98 Å². The highest BCUT2D eigenvalue weighted by molar-refractivity contribution is 5.85. The van der Waals surface area contributed by atoms with Crippen LogP contribution in [0.15, 0.2) is 42.6 Å². The summed E-state index contributed by atoms with van der Waals surface area (Å²) in [6.45, 7) is 0. The van der Waals surface area contributed by atoms with Crippen molar-refractivity contribution in [3.05, 3.63) is 59.4 Å². The Balaban J connectivity index is 1.80. The Morgan fingerprint density at radius 1 is 1.25 bits per heavy atom. The summed E-state index contributed by atoms with van der Waals surface area (Å²) >= 11 is 0. The zero-order valence-electron chi connectivity index (χ0n) is 11.0. The van der Waals surface area contributed by atoms with Crippen LogP contribution in [0.5, 0.6) is 5.75 Å². The molecule has 1 aliphatic carbocycles. The molecule has 1 atom stereocenters. The maximum absolute atomic E-state index is 10.8. The molecule has 20 heavy (non-hydrogen) atoms. The minimum Gasteiger partial charge on any atom is -0.484 e. The first kappa shape index (κ1) is 12.7. The van der Waals surface area contributed by atoms with Gasteiger partial charge in [0.25, 0.3) is 0 Å². The van der Waals surface area contributed by atoms with Gasteiger partial charge < -0.3 is 9.84 Å². The van der Waals surface area contributed by atoms with Crippen LogP contribution in [0.3, 0.4) is 0 Å². The van der Waals surface area contributed by atoms with Gasteiger partial charge in [-0.2, -0.15) is 0 Å². The lowest BCUT2D eigenvalue weighted by Crippen LogP contribution is -2.15. The van der Waals surface area contributed by atoms with Gasteiger partial charge in [-0.1, -0.05) is 24.3 Å². The molecule has 4 heteroatoms. The highest BCUT2D eigenvalue weighted by atomic mass is 16.5. The number of carboxylic acids is 1. The summed E-state index contributed by atoms with van der Waals surface area (Å²) in [5, 5.41) is 8.82. The van der Waals surface area contributed by atoms with E-state index >= 15 is 0 Å². The molecule has 0 fully saturated rings. The van der Waals surface area contributed by atoms with E-state index in [0.717, 1.165) is 19.3 Å². The summed E-state index contributed by atoms with van der Waals surface area (Å²) < 4.78 is 5.96. The van der Waals surface area contributed by atoms with Crippen LogP contribution in [0.2, 0.25) is 0 Å². The molecule has 102 valence electrons. The summed E-state index contributed by atoms with van der Waals surface area (Å²) in [6.07, 6.45) is 4.66. The van der Waals surface area contributed by atoms with E-state index in [-0.39, 0.29) is 11.8 Å². The van der Waals surface area contributed by atoms with Crippen molar-refractivity contribution in [3.8, 4) is 5.75 Å². The maximum Gasteiger partial charge on any atom is 0.354 e. The number of benzene rings is 1. The second-order valence-corrected chi connectivity index (χ2v) is 4.88. The number of aromatic nitrogens is 1. The predicted molar refractivity (Wildman–Crippen MR) is 73.9 cm³/mol. The Morgan fingerprint density at radius 3 is 2.85 bits per heavy atom. The van der Waals surface area contributed by atoms with Gasteiger partial charge in [0.2, 0.25) is 0 Å².